The van der Waals surface area contributed by atoms with E-state index in [0.717, 1.165) is 19.3 Å². The van der Waals surface area contributed by atoms with Crippen LogP contribution in [0, 0.1) is 0 Å². The summed E-state index contributed by atoms with van der Waals surface area (Å²) in [6.45, 7) is 7.70. The Morgan fingerprint density at radius 1 is 0.583 bits per heavy atom. The van der Waals surface area contributed by atoms with E-state index in [1.54, 1.807) is 0 Å². The topological polar surface area (TPSA) is 97.8 Å². The molecule has 0 atom stereocenters. The largest absolute Gasteiger partial charge is 0.506 e. The van der Waals surface area contributed by atoms with Gasteiger partial charge in [-0.05, 0) is 19.3 Å². The van der Waals surface area contributed by atoms with E-state index < -0.39 is 0 Å². The zero-order chi connectivity index (χ0) is 17.9. The number of benzene rings is 1. The fraction of sp³-hybridized carbons (Fsp3) is 0.500. The van der Waals surface area contributed by atoms with Gasteiger partial charge in [0.1, 0.15) is 17.2 Å². The first-order valence-electron chi connectivity index (χ1n) is 8.38. The Hall–Kier alpha value is -2.37. The highest BCUT2D eigenvalue weighted by Crippen LogP contribution is 2.39. The first-order chi connectivity index (χ1) is 11.6. The normalized spacial score (nSPS) is 12.1. The molecule has 132 valence electrons. The average molecular weight is 333 g/mol. The summed E-state index contributed by atoms with van der Waals surface area (Å²) in [7, 11) is 0. The predicted octanol–water partition coefficient (Wildman–Crippen LogP) is 3.29. The van der Waals surface area contributed by atoms with E-state index in [-0.39, 0.29) is 33.9 Å². The molecule has 6 heteroatoms. The Kier molecular flexibility index (Phi) is 8.54. The molecule has 0 heterocycles. The summed E-state index contributed by atoms with van der Waals surface area (Å²) in [4.78, 5) is 12.5. The van der Waals surface area contributed by atoms with Crippen LogP contribution in [0.1, 0.15) is 56.7 Å². The molecule has 0 bridgehead atoms. The van der Waals surface area contributed by atoms with Crippen LogP contribution in [0.15, 0.2) is 15.0 Å². The fourth-order valence-electron chi connectivity index (χ4n) is 1.99. The maximum absolute atomic E-state index is 10.4. The molecule has 0 aliphatic carbocycles. The van der Waals surface area contributed by atoms with Crippen molar-refractivity contribution in [1.29, 1.82) is 0 Å². The third-order valence-corrected chi connectivity index (χ3v) is 3.25. The minimum atomic E-state index is -0.239. The van der Waals surface area contributed by atoms with Crippen molar-refractivity contribution in [3.05, 3.63) is 16.7 Å². The summed E-state index contributed by atoms with van der Waals surface area (Å²) in [5.74, 6) is -0.716. The highest BCUT2D eigenvalue weighted by atomic mass is 16.3. The van der Waals surface area contributed by atoms with Crippen molar-refractivity contribution in [2.75, 3.05) is 19.6 Å². The Bertz CT molecular complexity index is 516. The smallest absolute Gasteiger partial charge is 0.140 e. The van der Waals surface area contributed by atoms with Gasteiger partial charge in [-0.2, -0.15) is 0 Å². The fourth-order valence-corrected chi connectivity index (χ4v) is 1.99. The molecule has 0 radical (unpaired) electrons. The minimum Gasteiger partial charge on any atom is -0.506 e. The molecule has 0 aliphatic heterocycles. The van der Waals surface area contributed by atoms with Gasteiger partial charge in [-0.3, -0.25) is 15.0 Å². The molecule has 0 unspecified atom stereocenters. The maximum atomic E-state index is 10.4. The van der Waals surface area contributed by atoms with Crippen LogP contribution in [0.25, 0.3) is 0 Å². The lowest BCUT2D eigenvalue weighted by Gasteiger charge is -2.12. The molecular weight excluding hydrogens is 306 g/mol. The third-order valence-electron chi connectivity index (χ3n) is 3.25. The van der Waals surface area contributed by atoms with Crippen LogP contribution in [0.3, 0.4) is 0 Å². The second-order valence-electron chi connectivity index (χ2n) is 5.39. The highest BCUT2D eigenvalue weighted by molar-refractivity contribution is 6.03. The molecule has 0 fully saturated rings. The van der Waals surface area contributed by atoms with E-state index in [1.165, 1.54) is 18.6 Å². The first kappa shape index (κ1) is 19.7. The molecule has 1 aromatic rings. The van der Waals surface area contributed by atoms with Gasteiger partial charge in [0.25, 0.3) is 0 Å². The van der Waals surface area contributed by atoms with E-state index in [1.807, 2.05) is 20.8 Å². The molecule has 0 aromatic heterocycles. The molecule has 3 N–H and O–H groups in total. The molecule has 0 amide bonds. The van der Waals surface area contributed by atoms with Gasteiger partial charge in [-0.15, -0.1) is 0 Å². The number of aromatic hydroxyl groups is 3. The third kappa shape index (κ3) is 5.08. The summed E-state index contributed by atoms with van der Waals surface area (Å²) in [5.41, 5.74) is 0.492. The number of hydrogen-bond donors (Lipinski definition) is 3. The molecule has 24 heavy (non-hydrogen) atoms. The van der Waals surface area contributed by atoms with E-state index in [9.17, 15) is 15.3 Å². The van der Waals surface area contributed by atoms with Crippen molar-refractivity contribution in [3.8, 4) is 17.2 Å². The van der Waals surface area contributed by atoms with Gasteiger partial charge >= 0.3 is 0 Å². The van der Waals surface area contributed by atoms with Crippen LogP contribution in [-0.2, 0) is 0 Å². The van der Waals surface area contributed by atoms with Crippen LogP contribution in [0.4, 0.5) is 0 Å². The Balaban J connectivity index is 3.46. The number of rotatable bonds is 9. The van der Waals surface area contributed by atoms with E-state index in [2.05, 4.69) is 15.0 Å². The molecule has 0 spiro atoms. The van der Waals surface area contributed by atoms with Crippen LogP contribution in [0.2, 0.25) is 0 Å². The summed E-state index contributed by atoms with van der Waals surface area (Å²) in [6.07, 6.45) is 6.81. The van der Waals surface area contributed by atoms with Crippen LogP contribution >= 0.6 is 0 Å². The van der Waals surface area contributed by atoms with Gasteiger partial charge in [-0.1, -0.05) is 20.8 Å². The molecule has 1 rings (SSSR count). The van der Waals surface area contributed by atoms with Gasteiger partial charge in [-0.25, -0.2) is 0 Å². The Morgan fingerprint density at radius 3 is 1.04 bits per heavy atom. The van der Waals surface area contributed by atoms with Crippen molar-refractivity contribution in [3.63, 3.8) is 0 Å². The average Bonchev–Trinajstić information content (AvgIpc) is 2.57. The second kappa shape index (κ2) is 10.4. The van der Waals surface area contributed by atoms with E-state index in [4.69, 9.17) is 0 Å². The van der Waals surface area contributed by atoms with E-state index in [0.29, 0.717) is 19.6 Å². The van der Waals surface area contributed by atoms with Gasteiger partial charge in [0.05, 0.1) is 16.7 Å². The van der Waals surface area contributed by atoms with Gasteiger partial charge in [0.2, 0.25) is 0 Å². The van der Waals surface area contributed by atoms with Crippen LogP contribution in [0.5, 0.6) is 17.2 Å². The van der Waals surface area contributed by atoms with Crippen LogP contribution < -0.4 is 0 Å². The molecule has 0 aliphatic rings. The van der Waals surface area contributed by atoms with Crippen molar-refractivity contribution in [2.24, 2.45) is 15.0 Å². The van der Waals surface area contributed by atoms with Gasteiger partial charge in [0.15, 0.2) is 0 Å². The van der Waals surface area contributed by atoms with Crippen LogP contribution in [-0.4, -0.2) is 53.6 Å². The lowest BCUT2D eigenvalue weighted by atomic mass is 10.0. The molecule has 1 aromatic carbocycles. The predicted molar refractivity (Wildman–Crippen MR) is 99.7 cm³/mol. The number of hydrogen-bond acceptors (Lipinski definition) is 6. The number of phenolic OH excluding ortho intramolecular Hbond substituents is 3. The summed E-state index contributed by atoms with van der Waals surface area (Å²) in [6, 6.07) is 0. The Labute approximate surface area is 143 Å². The molecular formula is C18H27N3O3. The minimum absolute atomic E-state index is 0.164. The molecule has 6 nitrogen and oxygen atoms in total. The zero-order valence-corrected chi connectivity index (χ0v) is 14.7. The summed E-state index contributed by atoms with van der Waals surface area (Å²) >= 11 is 0. The van der Waals surface area contributed by atoms with Gasteiger partial charge < -0.3 is 15.3 Å². The van der Waals surface area contributed by atoms with Gasteiger partial charge in [0, 0.05) is 38.3 Å². The second-order valence-corrected chi connectivity index (χ2v) is 5.39. The monoisotopic (exact) mass is 333 g/mol. The Morgan fingerprint density at radius 2 is 0.833 bits per heavy atom. The highest BCUT2D eigenvalue weighted by Gasteiger charge is 2.20. The number of phenols is 3. The van der Waals surface area contributed by atoms with Crippen molar-refractivity contribution in [2.45, 2.75) is 40.0 Å². The lowest BCUT2D eigenvalue weighted by molar-refractivity contribution is 0.424. The molecule has 0 saturated heterocycles. The maximum Gasteiger partial charge on any atom is 0.140 e. The first-order valence-corrected chi connectivity index (χ1v) is 8.38. The SMILES string of the molecule is CCCN=Cc1c(O)c(C=NCCC)c(O)c(C=NCCC)c1O. The quantitative estimate of drug-likeness (QED) is 0.605. The summed E-state index contributed by atoms with van der Waals surface area (Å²) < 4.78 is 0. The number of aliphatic imine (C=N–C) groups is 3. The van der Waals surface area contributed by atoms with Crippen molar-refractivity contribution >= 4 is 18.6 Å². The lowest BCUT2D eigenvalue weighted by Crippen LogP contribution is -1.99. The zero-order valence-electron chi connectivity index (χ0n) is 14.7. The molecule has 0 saturated carbocycles. The van der Waals surface area contributed by atoms with E-state index >= 15 is 0 Å². The standard InChI is InChI=1S/C18H27N3O3/c1-4-7-19-10-13-16(22)14(11-20-8-5-2)18(24)15(17(13)23)12-21-9-6-3/h10-12,22-24H,4-9H2,1-3H3. The summed E-state index contributed by atoms with van der Waals surface area (Å²) in [5, 5.41) is 31.2. The number of nitrogens with zero attached hydrogens (tertiary/aromatic N) is 3. The van der Waals surface area contributed by atoms with Crippen molar-refractivity contribution < 1.29 is 15.3 Å². The van der Waals surface area contributed by atoms with Crippen molar-refractivity contribution in [1.82, 2.24) is 0 Å².